The summed E-state index contributed by atoms with van der Waals surface area (Å²) in [6.07, 6.45) is 0. The predicted molar refractivity (Wildman–Crippen MR) is 80.0 cm³/mol. The van der Waals surface area contributed by atoms with Gasteiger partial charge in [0.15, 0.2) is 0 Å². The van der Waals surface area contributed by atoms with Crippen molar-refractivity contribution in [3.05, 3.63) is 35.4 Å². The number of ether oxygens (including phenoxy) is 1. The van der Waals surface area contributed by atoms with Crippen LogP contribution in [-0.4, -0.2) is 26.8 Å². The number of nitriles is 3. The van der Waals surface area contributed by atoms with Crippen LogP contribution < -0.4 is 4.90 Å². The number of hydrogen-bond donors (Lipinski definition) is 0. The number of nitrogens with zero attached hydrogens (tertiary/aromatic N) is 4. The van der Waals surface area contributed by atoms with Crippen molar-refractivity contribution in [1.29, 1.82) is 15.8 Å². The van der Waals surface area contributed by atoms with E-state index >= 15 is 0 Å². The minimum Gasteiger partial charge on any atom is -0.383 e. The molecule has 1 aromatic rings. The SMILES string of the molecule is CCN(CCOC)c1ccc(C(C#N)=C(C#N)C#N)cc1. The van der Waals surface area contributed by atoms with Crippen LogP contribution in [0.3, 0.4) is 0 Å². The Hall–Kier alpha value is -2.81. The van der Waals surface area contributed by atoms with Gasteiger partial charge >= 0.3 is 0 Å². The molecule has 0 radical (unpaired) electrons. The van der Waals surface area contributed by atoms with Crippen molar-refractivity contribution in [2.45, 2.75) is 6.92 Å². The van der Waals surface area contributed by atoms with Crippen LogP contribution in [-0.2, 0) is 4.74 Å². The van der Waals surface area contributed by atoms with Crippen molar-refractivity contribution in [3.63, 3.8) is 0 Å². The van der Waals surface area contributed by atoms with Gasteiger partial charge in [0, 0.05) is 25.9 Å². The molecule has 0 N–H and O–H groups in total. The molecule has 0 saturated carbocycles. The van der Waals surface area contributed by atoms with Crippen molar-refractivity contribution in [2.75, 3.05) is 31.7 Å². The number of methoxy groups -OCH3 is 1. The third kappa shape index (κ3) is 4.08. The molecule has 0 heterocycles. The van der Waals surface area contributed by atoms with E-state index in [1.165, 1.54) is 0 Å². The fourth-order valence-electron chi connectivity index (χ4n) is 1.91. The highest BCUT2D eigenvalue weighted by atomic mass is 16.5. The average Bonchev–Trinajstić information content (AvgIpc) is 2.54. The molecule has 106 valence electrons. The van der Waals surface area contributed by atoms with Crippen molar-refractivity contribution in [3.8, 4) is 18.2 Å². The zero-order chi connectivity index (χ0) is 15.7. The summed E-state index contributed by atoms with van der Waals surface area (Å²) < 4.78 is 5.07. The van der Waals surface area contributed by atoms with Crippen LogP contribution in [0.5, 0.6) is 0 Å². The summed E-state index contributed by atoms with van der Waals surface area (Å²) in [4.78, 5) is 2.14. The van der Waals surface area contributed by atoms with Crippen molar-refractivity contribution >= 4 is 11.3 Å². The van der Waals surface area contributed by atoms with Gasteiger partial charge in [-0.05, 0) is 24.6 Å². The first kappa shape index (κ1) is 16.2. The molecule has 0 saturated heterocycles. The average molecular weight is 280 g/mol. The third-order valence-corrected chi connectivity index (χ3v) is 3.05. The van der Waals surface area contributed by atoms with E-state index in [-0.39, 0.29) is 11.1 Å². The van der Waals surface area contributed by atoms with E-state index in [1.54, 1.807) is 31.4 Å². The molecule has 0 aromatic heterocycles. The number of allylic oxidation sites excluding steroid dienone is 2. The normalized spacial score (nSPS) is 9.10. The van der Waals surface area contributed by atoms with Gasteiger partial charge in [0.2, 0.25) is 0 Å². The van der Waals surface area contributed by atoms with E-state index in [0.29, 0.717) is 12.2 Å². The van der Waals surface area contributed by atoms with Gasteiger partial charge in [0.1, 0.15) is 23.8 Å². The predicted octanol–water partition coefficient (Wildman–Crippen LogP) is 2.48. The van der Waals surface area contributed by atoms with E-state index in [2.05, 4.69) is 4.90 Å². The Balaban J connectivity index is 3.08. The highest BCUT2D eigenvalue weighted by Crippen LogP contribution is 2.22. The topological polar surface area (TPSA) is 83.8 Å². The zero-order valence-electron chi connectivity index (χ0n) is 12.1. The molecule has 0 atom stereocenters. The van der Waals surface area contributed by atoms with Gasteiger partial charge in [-0.15, -0.1) is 0 Å². The van der Waals surface area contributed by atoms with Crippen LogP contribution in [0.15, 0.2) is 29.8 Å². The van der Waals surface area contributed by atoms with Crippen molar-refractivity contribution in [2.24, 2.45) is 0 Å². The van der Waals surface area contributed by atoms with E-state index in [9.17, 15) is 0 Å². The van der Waals surface area contributed by atoms with E-state index < -0.39 is 0 Å². The van der Waals surface area contributed by atoms with Gasteiger partial charge in [-0.25, -0.2) is 0 Å². The maximum Gasteiger partial charge on any atom is 0.148 e. The summed E-state index contributed by atoms with van der Waals surface area (Å²) >= 11 is 0. The molecule has 0 fully saturated rings. The van der Waals surface area contributed by atoms with Crippen molar-refractivity contribution in [1.82, 2.24) is 0 Å². The smallest absolute Gasteiger partial charge is 0.148 e. The van der Waals surface area contributed by atoms with Crippen LogP contribution in [0.1, 0.15) is 12.5 Å². The molecule has 0 amide bonds. The Morgan fingerprint density at radius 3 is 2.14 bits per heavy atom. The van der Waals surface area contributed by atoms with Crippen LogP contribution in [0, 0.1) is 34.0 Å². The molecule has 0 aliphatic heterocycles. The lowest BCUT2D eigenvalue weighted by Crippen LogP contribution is -2.26. The minimum atomic E-state index is -0.169. The largest absolute Gasteiger partial charge is 0.383 e. The molecule has 5 heteroatoms. The molecule has 21 heavy (non-hydrogen) atoms. The number of likely N-dealkylation sites (N-methyl/N-ethyl adjacent to an activating group) is 1. The van der Waals surface area contributed by atoms with Crippen LogP contribution in [0.2, 0.25) is 0 Å². The second-order valence-corrected chi connectivity index (χ2v) is 4.20. The highest BCUT2D eigenvalue weighted by Gasteiger charge is 2.10. The van der Waals surface area contributed by atoms with Gasteiger partial charge in [0.25, 0.3) is 0 Å². The number of benzene rings is 1. The lowest BCUT2D eigenvalue weighted by Gasteiger charge is -2.22. The van der Waals surface area contributed by atoms with Crippen LogP contribution in [0.4, 0.5) is 5.69 Å². The molecule has 1 rings (SSSR count). The van der Waals surface area contributed by atoms with Gasteiger partial charge < -0.3 is 9.64 Å². The third-order valence-electron chi connectivity index (χ3n) is 3.05. The molecule has 0 bridgehead atoms. The Morgan fingerprint density at radius 1 is 1.10 bits per heavy atom. The Bertz CT molecular complexity index is 610. The van der Waals surface area contributed by atoms with Gasteiger partial charge in [-0.2, -0.15) is 15.8 Å². The molecular formula is C16H16N4O. The fraction of sp³-hybridized carbons (Fsp3) is 0.312. The summed E-state index contributed by atoms with van der Waals surface area (Å²) in [5.41, 5.74) is 1.51. The summed E-state index contributed by atoms with van der Waals surface area (Å²) in [6, 6.07) is 12.7. The maximum atomic E-state index is 9.12. The van der Waals surface area contributed by atoms with Gasteiger partial charge in [-0.1, -0.05) is 12.1 Å². The molecule has 1 aromatic carbocycles. The van der Waals surface area contributed by atoms with E-state index in [0.717, 1.165) is 18.8 Å². The second-order valence-electron chi connectivity index (χ2n) is 4.20. The Labute approximate surface area is 124 Å². The summed E-state index contributed by atoms with van der Waals surface area (Å²) in [5.74, 6) is 0. The first-order chi connectivity index (χ1) is 10.2. The quantitative estimate of drug-likeness (QED) is 0.747. The van der Waals surface area contributed by atoms with Crippen LogP contribution >= 0.6 is 0 Å². The summed E-state index contributed by atoms with van der Waals surface area (Å²) in [7, 11) is 1.66. The lowest BCUT2D eigenvalue weighted by molar-refractivity contribution is 0.205. The fourth-order valence-corrected chi connectivity index (χ4v) is 1.91. The van der Waals surface area contributed by atoms with Gasteiger partial charge in [-0.3, -0.25) is 0 Å². The number of anilines is 1. The highest BCUT2D eigenvalue weighted by molar-refractivity contribution is 5.84. The first-order valence-corrected chi connectivity index (χ1v) is 6.50. The van der Waals surface area contributed by atoms with E-state index in [4.69, 9.17) is 20.5 Å². The monoisotopic (exact) mass is 280 g/mol. The maximum absolute atomic E-state index is 9.12. The second kappa shape index (κ2) is 8.38. The van der Waals surface area contributed by atoms with Crippen molar-refractivity contribution < 1.29 is 4.74 Å². The molecule has 0 aliphatic rings. The summed E-state index contributed by atoms with van der Waals surface area (Å²) in [5, 5.41) is 26.8. The Morgan fingerprint density at radius 2 is 1.71 bits per heavy atom. The molecule has 5 nitrogen and oxygen atoms in total. The zero-order valence-corrected chi connectivity index (χ0v) is 12.1. The molecule has 0 unspecified atom stereocenters. The molecule has 0 spiro atoms. The summed E-state index contributed by atoms with van der Waals surface area (Å²) in [6.45, 7) is 4.29. The minimum absolute atomic E-state index is 0.103. The Kier molecular flexibility index (Phi) is 6.48. The number of rotatable bonds is 6. The molecule has 0 aliphatic carbocycles. The standard InChI is InChI=1S/C16H16N4O/c1-3-20(8-9-21-2)15-6-4-13(5-7-15)16(12-19)14(10-17)11-18/h4-7H,3,8-9H2,1-2H3. The number of hydrogen-bond acceptors (Lipinski definition) is 5. The van der Waals surface area contributed by atoms with Crippen LogP contribution in [0.25, 0.3) is 5.57 Å². The first-order valence-electron chi connectivity index (χ1n) is 6.50. The van der Waals surface area contributed by atoms with E-state index in [1.807, 2.05) is 25.1 Å². The van der Waals surface area contributed by atoms with Gasteiger partial charge in [0.05, 0.1) is 12.2 Å². The molecular weight excluding hydrogens is 264 g/mol. The lowest BCUT2D eigenvalue weighted by atomic mass is 10.0.